The lowest BCUT2D eigenvalue weighted by molar-refractivity contribution is 0.00418. The van der Waals surface area contributed by atoms with E-state index in [1.807, 2.05) is 6.07 Å². The SMILES string of the molecule is CC(C)(O)C1CN(c2c(-c3ccc(F)c(Cl)c3)c(=O)n(-c3cnc4cc(Cl)ccn34)c(=O)n2CC#N)C1. The van der Waals surface area contributed by atoms with E-state index in [4.69, 9.17) is 23.2 Å². The minimum absolute atomic E-state index is 0.0647. The van der Waals surface area contributed by atoms with Crippen molar-refractivity contribution < 1.29 is 9.50 Å². The van der Waals surface area contributed by atoms with Gasteiger partial charge in [0.05, 0.1) is 28.5 Å². The minimum Gasteiger partial charge on any atom is -0.390 e. The van der Waals surface area contributed by atoms with Crippen LogP contribution in [0.1, 0.15) is 13.8 Å². The molecule has 37 heavy (non-hydrogen) atoms. The van der Waals surface area contributed by atoms with Crippen molar-refractivity contribution in [1.29, 1.82) is 5.26 Å². The molecule has 1 saturated heterocycles. The average Bonchev–Trinajstić information content (AvgIpc) is 3.19. The highest BCUT2D eigenvalue weighted by Crippen LogP contribution is 2.36. The van der Waals surface area contributed by atoms with E-state index in [0.717, 1.165) is 10.6 Å². The fraction of sp³-hybridized carbons (Fsp3) is 0.280. The van der Waals surface area contributed by atoms with Crippen LogP contribution in [0.2, 0.25) is 10.0 Å². The molecule has 0 unspecified atom stereocenters. The maximum atomic E-state index is 14.1. The van der Waals surface area contributed by atoms with E-state index in [1.54, 1.807) is 37.1 Å². The molecule has 0 atom stereocenters. The first kappa shape index (κ1) is 25.0. The van der Waals surface area contributed by atoms with Gasteiger partial charge in [-0.05, 0) is 37.6 Å². The quantitative estimate of drug-likeness (QED) is 0.413. The molecule has 0 spiro atoms. The first-order valence-corrected chi connectivity index (χ1v) is 12.1. The number of hydrogen-bond acceptors (Lipinski definition) is 6. The molecule has 1 aromatic carbocycles. The van der Waals surface area contributed by atoms with Crippen molar-refractivity contribution in [3.05, 3.63) is 79.4 Å². The number of imidazole rings is 1. The molecule has 0 radical (unpaired) electrons. The van der Waals surface area contributed by atoms with Crippen LogP contribution in [-0.2, 0) is 6.54 Å². The molecule has 4 aromatic rings. The topological polar surface area (TPSA) is 109 Å². The number of nitrogens with zero attached hydrogens (tertiary/aromatic N) is 6. The van der Waals surface area contributed by atoms with Crippen LogP contribution in [0.15, 0.2) is 52.3 Å². The van der Waals surface area contributed by atoms with Crippen LogP contribution in [0.3, 0.4) is 0 Å². The number of pyridine rings is 1. The van der Waals surface area contributed by atoms with Crippen molar-refractivity contribution in [1.82, 2.24) is 18.5 Å². The molecule has 4 heterocycles. The molecule has 1 aliphatic heterocycles. The van der Waals surface area contributed by atoms with Crippen LogP contribution in [0, 0.1) is 23.1 Å². The van der Waals surface area contributed by atoms with Gasteiger partial charge >= 0.3 is 5.69 Å². The van der Waals surface area contributed by atoms with Crippen molar-refractivity contribution in [2.24, 2.45) is 5.92 Å². The molecule has 0 aliphatic carbocycles. The molecule has 5 rings (SSSR count). The van der Waals surface area contributed by atoms with Gasteiger partial charge in [-0.15, -0.1) is 0 Å². The molecule has 3 aromatic heterocycles. The second kappa shape index (κ2) is 9.03. The summed E-state index contributed by atoms with van der Waals surface area (Å²) in [5, 5.41) is 20.3. The number of benzene rings is 1. The summed E-state index contributed by atoms with van der Waals surface area (Å²) in [6.45, 7) is 3.70. The Morgan fingerprint density at radius 1 is 1.22 bits per heavy atom. The summed E-state index contributed by atoms with van der Waals surface area (Å²) in [6.07, 6.45) is 2.94. The summed E-state index contributed by atoms with van der Waals surface area (Å²) in [7, 11) is 0. The third-order valence-electron chi connectivity index (χ3n) is 6.62. The summed E-state index contributed by atoms with van der Waals surface area (Å²) in [5.74, 6) is -0.448. The van der Waals surface area contributed by atoms with Gasteiger partial charge in [-0.1, -0.05) is 29.3 Å². The first-order chi connectivity index (χ1) is 17.5. The third kappa shape index (κ3) is 4.19. The van der Waals surface area contributed by atoms with Crippen molar-refractivity contribution in [3.8, 4) is 23.0 Å². The van der Waals surface area contributed by atoms with Crippen LogP contribution in [0.25, 0.3) is 22.6 Å². The van der Waals surface area contributed by atoms with Gasteiger partial charge in [0.2, 0.25) is 0 Å². The second-order valence-corrected chi connectivity index (χ2v) is 10.3. The summed E-state index contributed by atoms with van der Waals surface area (Å²) in [4.78, 5) is 33.9. The second-order valence-electron chi connectivity index (χ2n) is 9.44. The van der Waals surface area contributed by atoms with Crippen molar-refractivity contribution in [3.63, 3.8) is 0 Å². The Bertz CT molecular complexity index is 1710. The molecule has 0 saturated carbocycles. The van der Waals surface area contributed by atoms with Gasteiger partial charge in [0, 0.05) is 36.3 Å². The Morgan fingerprint density at radius 2 is 1.95 bits per heavy atom. The van der Waals surface area contributed by atoms with Crippen LogP contribution in [0.5, 0.6) is 0 Å². The third-order valence-corrected chi connectivity index (χ3v) is 7.15. The summed E-state index contributed by atoms with van der Waals surface area (Å²) < 4.78 is 17.7. The maximum Gasteiger partial charge on any atom is 0.339 e. The standard InChI is InChI=1S/C25H21Cl2FN6O3/c1-25(2,37)15-12-31(13-15)22-21(14-3-4-18(28)17(27)9-14)23(35)34(24(36)33(22)8-6-29)20-11-30-19-10-16(26)5-7-32(19)20/h3-5,7,9-11,15,37H,8,12-13H2,1-2H3. The zero-order valence-electron chi connectivity index (χ0n) is 19.8. The number of aromatic nitrogens is 4. The number of aliphatic hydroxyl groups is 1. The first-order valence-electron chi connectivity index (χ1n) is 11.3. The Hall–Kier alpha value is -3.65. The Balaban J connectivity index is 1.84. The predicted molar refractivity (Wildman–Crippen MR) is 138 cm³/mol. The molecular formula is C25H21Cl2FN6O3. The monoisotopic (exact) mass is 542 g/mol. The van der Waals surface area contributed by atoms with Gasteiger partial charge in [0.25, 0.3) is 5.56 Å². The molecule has 0 bridgehead atoms. The number of rotatable bonds is 5. The lowest BCUT2D eigenvalue weighted by Gasteiger charge is -2.47. The van der Waals surface area contributed by atoms with Gasteiger partial charge in [-0.3, -0.25) is 13.8 Å². The van der Waals surface area contributed by atoms with Crippen LogP contribution < -0.4 is 16.1 Å². The summed E-state index contributed by atoms with van der Waals surface area (Å²) in [5.41, 5.74) is -1.68. The van der Waals surface area contributed by atoms with Crippen molar-refractivity contribution in [2.45, 2.75) is 26.0 Å². The molecule has 9 nitrogen and oxygen atoms in total. The highest BCUT2D eigenvalue weighted by atomic mass is 35.5. The van der Waals surface area contributed by atoms with E-state index in [0.29, 0.717) is 23.8 Å². The predicted octanol–water partition coefficient (Wildman–Crippen LogP) is 3.49. The number of hydrogen-bond donors (Lipinski definition) is 1. The van der Waals surface area contributed by atoms with Gasteiger partial charge in [0.15, 0.2) is 0 Å². The van der Waals surface area contributed by atoms with E-state index in [9.17, 15) is 24.3 Å². The van der Waals surface area contributed by atoms with Gasteiger partial charge in [-0.2, -0.15) is 5.26 Å². The Morgan fingerprint density at radius 3 is 2.59 bits per heavy atom. The highest BCUT2D eigenvalue weighted by Gasteiger charge is 2.40. The molecular weight excluding hydrogens is 522 g/mol. The van der Waals surface area contributed by atoms with E-state index in [-0.39, 0.29) is 40.2 Å². The smallest absolute Gasteiger partial charge is 0.339 e. The maximum absolute atomic E-state index is 14.1. The zero-order valence-corrected chi connectivity index (χ0v) is 21.3. The average molecular weight is 543 g/mol. The Labute approximate surface area is 220 Å². The molecule has 190 valence electrons. The van der Waals surface area contributed by atoms with Crippen molar-refractivity contribution in [2.75, 3.05) is 18.0 Å². The molecule has 1 N–H and O–H groups in total. The van der Waals surface area contributed by atoms with Crippen LogP contribution in [0.4, 0.5) is 10.2 Å². The largest absolute Gasteiger partial charge is 0.390 e. The van der Waals surface area contributed by atoms with E-state index in [2.05, 4.69) is 4.98 Å². The number of fused-ring (bicyclic) bond motifs is 1. The molecule has 1 fully saturated rings. The highest BCUT2D eigenvalue weighted by molar-refractivity contribution is 6.31. The van der Waals surface area contributed by atoms with E-state index >= 15 is 0 Å². The lowest BCUT2D eigenvalue weighted by atomic mass is 9.84. The van der Waals surface area contributed by atoms with Gasteiger partial charge in [0.1, 0.15) is 29.6 Å². The fourth-order valence-corrected chi connectivity index (χ4v) is 4.83. The van der Waals surface area contributed by atoms with E-state index < -0.39 is 22.7 Å². The van der Waals surface area contributed by atoms with Crippen LogP contribution >= 0.6 is 23.2 Å². The Kier molecular flexibility index (Phi) is 6.10. The summed E-state index contributed by atoms with van der Waals surface area (Å²) in [6, 6.07) is 9.00. The van der Waals surface area contributed by atoms with Gasteiger partial charge in [-0.25, -0.2) is 18.7 Å². The molecule has 1 aliphatic rings. The fourth-order valence-electron chi connectivity index (χ4n) is 4.50. The normalized spacial score (nSPS) is 14.1. The zero-order chi connectivity index (χ0) is 26.6. The molecule has 12 heteroatoms. The number of nitriles is 1. The van der Waals surface area contributed by atoms with Crippen LogP contribution in [-0.4, -0.2) is 42.3 Å². The number of anilines is 1. The minimum atomic E-state index is -0.983. The van der Waals surface area contributed by atoms with Crippen molar-refractivity contribution >= 4 is 34.7 Å². The molecule has 0 amide bonds. The lowest BCUT2D eigenvalue weighted by Crippen LogP contribution is -2.58. The van der Waals surface area contributed by atoms with Gasteiger partial charge < -0.3 is 10.0 Å². The summed E-state index contributed by atoms with van der Waals surface area (Å²) >= 11 is 12.1. The van der Waals surface area contributed by atoms with E-state index in [1.165, 1.54) is 27.3 Å². The number of halogens is 3.